The van der Waals surface area contributed by atoms with Gasteiger partial charge < -0.3 is 10.2 Å². The van der Waals surface area contributed by atoms with Crippen molar-refractivity contribution in [1.29, 1.82) is 0 Å². The molecule has 3 heterocycles. The highest BCUT2D eigenvalue weighted by molar-refractivity contribution is 6.31. The van der Waals surface area contributed by atoms with Crippen molar-refractivity contribution in [3.8, 4) is 0 Å². The molecule has 36 heavy (non-hydrogen) atoms. The van der Waals surface area contributed by atoms with Crippen LogP contribution in [-0.4, -0.2) is 51.0 Å². The normalized spacial score (nSPS) is 17.6. The second kappa shape index (κ2) is 9.91. The van der Waals surface area contributed by atoms with Crippen LogP contribution < -0.4 is 5.32 Å². The van der Waals surface area contributed by atoms with E-state index in [0.29, 0.717) is 46.9 Å². The molecule has 1 N–H and O–H groups in total. The summed E-state index contributed by atoms with van der Waals surface area (Å²) in [6.45, 7) is 0.568. The molecule has 0 unspecified atom stereocenters. The number of carbonyl (C=O) groups is 4. The number of likely N-dealkylation sites (tertiary alicyclic amines) is 1. The summed E-state index contributed by atoms with van der Waals surface area (Å²) in [7, 11) is 0. The molecule has 0 spiro atoms. The Bertz CT molecular complexity index is 1340. The monoisotopic (exact) mass is 502 g/mol. The van der Waals surface area contributed by atoms with Crippen molar-refractivity contribution >= 4 is 40.9 Å². The van der Waals surface area contributed by atoms with Gasteiger partial charge in [0.2, 0.25) is 11.8 Å². The van der Waals surface area contributed by atoms with E-state index < -0.39 is 6.04 Å². The first-order valence-electron chi connectivity index (χ1n) is 11.7. The predicted octanol–water partition coefficient (Wildman–Crippen LogP) is 3.70. The standard InChI is InChI=1S/C27H23ClN4O4/c28-19-10-11-21-22(14-19)30-25(34)23(15-20-4-1-2-12-29-20)32(27(21)36)16-17-6-8-18(9-7-17)26(35)31-13-3-5-24(31)33/h1-2,4,6-12,14,23H,3,5,13,15-16H2,(H,30,34)/t23-/m1/s1. The number of carbonyl (C=O) groups excluding carboxylic acids is 4. The van der Waals surface area contributed by atoms with Crippen LogP contribution in [0.15, 0.2) is 66.9 Å². The van der Waals surface area contributed by atoms with Crippen LogP contribution in [-0.2, 0) is 22.6 Å². The Morgan fingerprint density at radius 3 is 2.56 bits per heavy atom. The third kappa shape index (κ3) is 4.72. The molecule has 1 atom stereocenters. The number of imide groups is 1. The number of benzene rings is 2. The van der Waals surface area contributed by atoms with E-state index in [2.05, 4.69) is 10.3 Å². The van der Waals surface area contributed by atoms with E-state index in [9.17, 15) is 19.2 Å². The molecule has 0 aliphatic carbocycles. The van der Waals surface area contributed by atoms with Crippen molar-refractivity contribution in [1.82, 2.24) is 14.8 Å². The van der Waals surface area contributed by atoms with Gasteiger partial charge in [-0.25, -0.2) is 0 Å². The molecule has 0 radical (unpaired) electrons. The van der Waals surface area contributed by atoms with Crippen molar-refractivity contribution < 1.29 is 19.2 Å². The number of hydrogen-bond acceptors (Lipinski definition) is 5. The molecule has 9 heteroatoms. The summed E-state index contributed by atoms with van der Waals surface area (Å²) in [4.78, 5) is 58.7. The number of nitrogens with one attached hydrogen (secondary N) is 1. The van der Waals surface area contributed by atoms with Crippen LogP contribution >= 0.6 is 11.6 Å². The van der Waals surface area contributed by atoms with Gasteiger partial charge in [-0.3, -0.25) is 29.1 Å². The Balaban J connectivity index is 1.45. The van der Waals surface area contributed by atoms with Crippen LogP contribution in [0.1, 0.15) is 44.8 Å². The summed E-state index contributed by atoms with van der Waals surface area (Å²) in [5.41, 5.74) is 2.52. The maximum absolute atomic E-state index is 13.7. The number of amides is 4. The fraction of sp³-hybridized carbons (Fsp3) is 0.222. The molecule has 2 aliphatic heterocycles. The Labute approximate surface area is 212 Å². The lowest BCUT2D eigenvalue weighted by atomic mass is 10.0. The van der Waals surface area contributed by atoms with E-state index >= 15 is 0 Å². The Kier molecular flexibility index (Phi) is 6.52. The van der Waals surface area contributed by atoms with Crippen molar-refractivity contribution in [2.24, 2.45) is 0 Å². The zero-order valence-electron chi connectivity index (χ0n) is 19.3. The van der Waals surface area contributed by atoms with Gasteiger partial charge in [-0.1, -0.05) is 29.8 Å². The smallest absolute Gasteiger partial charge is 0.260 e. The quantitative estimate of drug-likeness (QED) is 0.536. The number of nitrogens with zero attached hydrogens (tertiary/aromatic N) is 3. The van der Waals surface area contributed by atoms with Gasteiger partial charge in [-0.15, -0.1) is 0 Å². The lowest BCUT2D eigenvalue weighted by Gasteiger charge is -2.29. The van der Waals surface area contributed by atoms with Crippen molar-refractivity contribution in [2.75, 3.05) is 11.9 Å². The highest BCUT2D eigenvalue weighted by Gasteiger charge is 2.36. The van der Waals surface area contributed by atoms with Crippen LogP contribution in [0.3, 0.4) is 0 Å². The van der Waals surface area contributed by atoms with E-state index in [4.69, 9.17) is 11.6 Å². The van der Waals surface area contributed by atoms with Crippen LogP contribution in [0.2, 0.25) is 5.02 Å². The summed E-state index contributed by atoms with van der Waals surface area (Å²) in [5.74, 6) is -1.15. The van der Waals surface area contributed by atoms with Gasteiger partial charge in [-0.2, -0.15) is 0 Å². The zero-order chi connectivity index (χ0) is 25.2. The van der Waals surface area contributed by atoms with E-state index in [1.165, 1.54) is 9.80 Å². The first-order valence-corrected chi connectivity index (χ1v) is 12.0. The Morgan fingerprint density at radius 2 is 1.86 bits per heavy atom. The number of fused-ring (bicyclic) bond motifs is 1. The summed E-state index contributed by atoms with van der Waals surface area (Å²) >= 11 is 6.12. The van der Waals surface area contributed by atoms with E-state index in [1.807, 2.05) is 12.1 Å². The fourth-order valence-electron chi connectivity index (χ4n) is 4.53. The Hall–Kier alpha value is -4.04. The molecule has 0 saturated carbocycles. The van der Waals surface area contributed by atoms with Gasteiger partial charge in [0.05, 0.1) is 11.3 Å². The minimum absolute atomic E-state index is 0.142. The maximum Gasteiger partial charge on any atom is 0.260 e. The second-order valence-electron chi connectivity index (χ2n) is 8.80. The summed E-state index contributed by atoms with van der Waals surface area (Å²) in [5, 5.41) is 3.25. The van der Waals surface area contributed by atoms with Gasteiger partial charge in [0.15, 0.2) is 0 Å². The van der Waals surface area contributed by atoms with E-state index in [-0.39, 0.29) is 36.6 Å². The summed E-state index contributed by atoms with van der Waals surface area (Å²) in [6, 6.07) is 16.2. The molecule has 5 rings (SSSR count). The largest absolute Gasteiger partial charge is 0.323 e. The summed E-state index contributed by atoms with van der Waals surface area (Å²) in [6.07, 6.45) is 2.93. The number of hydrogen-bond donors (Lipinski definition) is 1. The van der Waals surface area contributed by atoms with Gasteiger partial charge in [0.25, 0.3) is 11.8 Å². The fourth-order valence-corrected chi connectivity index (χ4v) is 4.70. The Morgan fingerprint density at radius 1 is 1.06 bits per heavy atom. The third-order valence-corrected chi connectivity index (χ3v) is 6.65. The molecule has 2 aromatic carbocycles. The van der Waals surface area contributed by atoms with Crippen molar-refractivity contribution in [3.63, 3.8) is 0 Å². The highest BCUT2D eigenvalue weighted by Crippen LogP contribution is 2.29. The van der Waals surface area contributed by atoms with E-state index in [0.717, 1.165) is 5.56 Å². The van der Waals surface area contributed by atoms with Crippen LogP contribution in [0, 0.1) is 0 Å². The highest BCUT2D eigenvalue weighted by atomic mass is 35.5. The molecule has 3 aromatic rings. The molecular weight excluding hydrogens is 480 g/mol. The average Bonchev–Trinajstić information content (AvgIpc) is 3.28. The van der Waals surface area contributed by atoms with Crippen molar-refractivity contribution in [2.45, 2.75) is 31.8 Å². The number of aromatic nitrogens is 1. The van der Waals surface area contributed by atoms with Gasteiger partial charge in [0.1, 0.15) is 6.04 Å². The van der Waals surface area contributed by atoms with Crippen molar-refractivity contribution in [3.05, 3.63) is 94.3 Å². The topological polar surface area (TPSA) is 99.7 Å². The molecule has 1 saturated heterocycles. The first-order chi connectivity index (χ1) is 17.4. The predicted molar refractivity (Wildman–Crippen MR) is 133 cm³/mol. The second-order valence-corrected chi connectivity index (χ2v) is 9.24. The molecule has 8 nitrogen and oxygen atoms in total. The van der Waals surface area contributed by atoms with Crippen LogP contribution in [0.4, 0.5) is 5.69 Å². The molecular formula is C27H23ClN4O4. The zero-order valence-corrected chi connectivity index (χ0v) is 20.1. The summed E-state index contributed by atoms with van der Waals surface area (Å²) < 4.78 is 0. The lowest BCUT2D eigenvalue weighted by Crippen LogP contribution is -2.46. The van der Waals surface area contributed by atoms with E-state index in [1.54, 1.807) is 54.7 Å². The number of anilines is 1. The number of halogens is 1. The molecule has 4 amide bonds. The molecule has 2 aliphatic rings. The average molecular weight is 503 g/mol. The number of rotatable bonds is 5. The molecule has 182 valence electrons. The van der Waals surface area contributed by atoms with Crippen LogP contribution in [0.5, 0.6) is 0 Å². The first kappa shape index (κ1) is 23.7. The SMILES string of the molecule is O=C1Nc2cc(Cl)ccc2C(=O)N(Cc2ccc(C(=O)N3CCCC3=O)cc2)[C@@H]1Cc1ccccn1. The number of pyridine rings is 1. The van der Waals surface area contributed by atoms with Gasteiger partial charge >= 0.3 is 0 Å². The van der Waals surface area contributed by atoms with Gasteiger partial charge in [0, 0.05) is 48.4 Å². The van der Waals surface area contributed by atoms with Gasteiger partial charge in [-0.05, 0) is 54.4 Å². The maximum atomic E-state index is 13.7. The minimum Gasteiger partial charge on any atom is -0.323 e. The molecule has 1 aromatic heterocycles. The molecule has 0 bridgehead atoms. The van der Waals surface area contributed by atoms with Crippen LogP contribution in [0.25, 0.3) is 0 Å². The third-order valence-electron chi connectivity index (χ3n) is 6.41. The molecule has 1 fully saturated rings. The lowest BCUT2D eigenvalue weighted by molar-refractivity contribution is -0.125. The minimum atomic E-state index is -0.817.